The zero-order chi connectivity index (χ0) is 19.2. The lowest BCUT2D eigenvalue weighted by atomic mass is 9.97. The van der Waals surface area contributed by atoms with Crippen LogP contribution in [0.2, 0.25) is 0 Å². The molecule has 1 atom stereocenters. The van der Waals surface area contributed by atoms with Gasteiger partial charge in [-0.25, -0.2) is 4.79 Å². The largest absolute Gasteiger partial charge is 0.494 e. The number of ether oxygens (including phenoxy) is 3. The minimum absolute atomic E-state index is 0.104. The van der Waals surface area contributed by atoms with Gasteiger partial charge in [-0.15, -0.1) is 0 Å². The van der Waals surface area contributed by atoms with Gasteiger partial charge in [-0.2, -0.15) is 0 Å². The maximum atomic E-state index is 12.7. The first kappa shape index (κ1) is 18.9. The van der Waals surface area contributed by atoms with E-state index in [0.717, 1.165) is 29.2 Å². The molecule has 2 amide bonds. The van der Waals surface area contributed by atoms with Crippen LogP contribution >= 0.6 is 0 Å². The highest BCUT2D eigenvalue weighted by Gasteiger charge is 2.30. The van der Waals surface area contributed by atoms with Crippen LogP contribution in [0.3, 0.4) is 0 Å². The van der Waals surface area contributed by atoms with Crippen LogP contribution in [0, 0.1) is 0 Å². The van der Waals surface area contributed by atoms with Crippen LogP contribution in [0.4, 0.5) is 10.5 Å². The van der Waals surface area contributed by atoms with E-state index < -0.39 is 0 Å². The number of amides is 2. The van der Waals surface area contributed by atoms with Gasteiger partial charge in [0.15, 0.2) is 11.5 Å². The fourth-order valence-corrected chi connectivity index (χ4v) is 3.46. The summed E-state index contributed by atoms with van der Waals surface area (Å²) in [7, 11) is 3.28. The van der Waals surface area contributed by atoms with Crippen molar-refractivity contribution in [2.75, 3.05) is 39.2 Å². The minimum Gasteiger partial charge on any atom is -0.494 e. The average Bonchev–Trinajstić information content (AvgIpc) is 3.18. The number of para-hydroxylation sites is 1. The summed E-state index contributed by atoms with van der Waals surface area (Å²) < 4.78 is 16.4. The van der Waals surface area contributed by atoms with E-state index in [1.54, 1.807) is 14.2 Å². The lowest BCUT2D eigenvalue weighted by Crippen LogP contribution is -2.32. The zero-order valence-corrected chi connectivity index (χ0v) is 16.0. The Labute approximate surface area is 160 Å². The fraction of sp³-hybridized carbons (Fsp3) is 0.381. The molecule has 6 heteroatoms. The van der Waals surface area contributed by atoms with Crippen LogP contribution in [0.5, 0.6) is 17.2 Å². The van der Waals surface area contributed by atoms with Crippen molar-refractivity contribution in [3.8, 4) is 17.2 Å². The molecular weight excluding hydrogens is 344 g/mol. The summed E-state index contributed by atoms with van der Waals surface area (Å²) in [5.74, 6) is 2.42. The summed E-state index contributed by atoms with van der Waals surface area (Å²) in [6, 6.07) is 13.2. The van der Waals surface area contributed by atoms with Crippen LogP contribution in [0.25, 0.3) is 0 Å². The van der Waals surface area contributed by atoms with E-state index >= 15 is 0 Å². The molecule has 1 saturated heterocycles. The number of hydrogen-bond donors (Lipinski definition) is 1. The Morgan fingerprint density at radius 3 is 2.74 bits per heavy atom. The Hall–Kier alpha value is -2.89. The predicted molar refractivity (Wildman–Crippen MR) is 105 cm³/mol. The van der Waals surface area contributed by atoms with Crippen molar-refractivity contribution >= 4 is 11.7 Å². The van der Waals surface area contributed by atoms with Gasteiger partial charge in [0, 0.05) is 36.3 Å². The fourth-order valence-electron chi connectivity index (χ4n) is 3.46. The topological polar surface area (TPSA) is 60.0 Å². The Bertz CT molecular complexity index is 794. The summed E-state index contributed by atoms with van der Waals surface area (Å²) in [6.45, 7) is 3.86. The standard InChI is InChI=1S/C21H26N2O4/c1-4-27-17-8-5-7-16(13-17)22-21(24)23-12-11-15(14-23)18-9-6-10-19(25-2)20(18)26-3/h5-10,13,15H,4,11-12,14H2,1-3H3,(H,22,24). The molecule has 0 bridgehead atoms. The molecule has 1 aliphatic heterocycles. The number of benzene rings is 2. The molecule has 1 heterocycles. The normalized spacial score (nSPS) is 16.1. The number of rotatable bonds is 6. The summed E-state index contributed by atoms with van der Waals surface area (Å²) >= 11 is 0. The smallest absolute Gasteiger partial charge is 0.321 e. The van der Waals surface area contributed by atoms with E-state index in [0.29, 0.717) is 25.4 Å². The Balaban J connectivity index is 1.67. The lowest BCUT2D eigenvalue weighted by molar-refractivity contribution is 0.222. The summed E-state index contributed by atoms with van der Waals surface area (Å²) in [6.07, 6.45) is 0.885. The molecule has 0 aliphatic carbocycles. The molecule has 0 aromatic heterocycles. The van der Waals surface area contributed by atoms with Crippen LogP contribution in [0.1, 0.15) is 24.8 Å². The molecule has 2 aromatic rings. The van der Waals surface area contributed by atoms with Gasteiger partial charge in [-0.1, -0.05) is 18.2 Å². The van der Waals surface area contributed by atoms with E-state index in [1.807, 2.05) is 54.3 Å². The predicted octanol–water partition coefficient (Wildman–Crippen LogP) is 4.12. The molecule has 2 aromatic carbocycles. The monoisotopic (exact) mass is 370 g/mol. The Kier molecular flexibility index (Phi) is 6.06. The second kappa shape index (κ2) is 8.66. The number of nitrogens with zero attached hydrogens (tertiary/aromatic N) is 1. The van der Waals surface area contributed by atoms with E-state index in [4.69, 9.17) is 14.2 Å². The molecule has 144 valence electrons. The number of likely N-dealkylation sites (tertiary alicyclic amines) is 1. The molecule has 0 radical (unpaired) electrons. The Morgan fingerprint density at radius 2 is 2.00 bits per heavy atom. The molecule has 1 aliphatic rings. The van der Waals surface area contributed by atoms with Crippen LogP contribution in [-0.2, 0) is 0 Å². The van der Waals surface area contributed by atoms with Gasteiger partial charge in [-0.05, 0) is 31.5 Å². The van der Waals surface area contributed by atoms with Crippen molar-refractivity contribution in [3.63, 3.8) is 0 Å². The number of anilines is 1. The SMILES string of the molecule is CCOc1cccc(NC(=O)N2CCC(c3cccc(OC)c3OC)C2)c1. The van der Waals surface area contributed by atoms with Gasteiger partial charge in [-0.3, -0.25) is 0 Å². The van der Waals surface area contributed by atoms with E-state index in [9.17, 15) is 4.79 Å². The third-order valence-corrected chi connectivity index (χ3v) is 4.75. The molecule has 1 fully saturated rings. The lowest BCUT2D eigenvalue weighted by Gasteiger charge is -2.19. The molecule has 0 spiro atoms. The Morgan fingerprint density at radius 1 is 1.19 bits per heavy atom. The molecule has 27 heavy (non-hydrogen) atoms. The van der Waals surface area contributed by atoms with Gasteiger partial charge in [0.2, 0.25) is 0 Å². The van der Waals surface area contributed by atoms with Gasteiger partial charge < -0.3 is 24.4 Å². The van der Waals surface area contributed by atoms with Crippen molar-refractivity contribution < 1.29 is 19.0 Å². The minimum atomic E-state index is -0.104. The molecular formula is C21H26N2O4. The van der Waals surface area contributed by atoms with E-state index in [-0.39, 0.29) is 11.9 Å². The molecule has 3 rings (SSSR count). The van der Waals surface area contributed by atoms with E-state index in [1.165, 1.54) is 0 Å². The summed E-state index contributed by atoms with van der Waals surface area (Å²) in [5, 5.41) is 2.96. The number of carbonyl (C=O) groups is 1. The molecule has 1 unspecified atom stereocenters. The highest BCUT2D eigenvalue weighted by Crippen LogP contribution is 2.39. The van der Waals surface area contributed by atoms with Crippen molar-refractivity contribution in [2.24, 2.45) is 0 Å². The first-order valence-electron chi connectivity index (χ1n) is 9.16. The first-order valence-corrected chi connectivity index (χ1v) is 9.16. The van der Waals surface area contributed by atoms with Gasteiger partial charge >= 0.3 is 6.03 Å². The first-order chi connectivity index (χ1) is 13.2. The number of hydrogen-bond acceptors (Lipinski definition) is 4. The van der Waals surface area contributed by atoms with Crippen molar-refractivity contribution in [3.05, 3.63) is 48.0 Å². The second-order valence-corrected chi connectivity index (χ2v) is 6.41. The zero-order valence-electron chi connectivity index (χ0n) is 16.0. The van der Waals surface area contributed by atoms with Crippen LogP contribution in [-0.4, -0.2) is 44.8 Å². The average molecular weight is 370 g/mol. The summed E-state index contributed by atoms with van der Waals surface area (Å²) in [4.78, 5) is 14.5. The third kappa shape index (κ3) is 4.27. The quantitative estimate of drug-likeness (QED) is 0.831. The number of urea groups is 1. The van der Waals surface area contributed by atoms with Crippen LogP contribution < -0.4 is 19.5 Å². The van der Waals surface area contributed by atoms with Crippen molar-refractivity contribution in [1.82, 2.24) is 4.90 Å². The maximum Gasteiger partial charge on any atom is 0.321 e. The molecule has 0 saturated carbocycles. The van der Waals surface area contributed by atoms with Gasteiger partial charge in [0.05, 0.1) is 20.8 Å². The maximum absolute atomic E-state index is 12.7. The van der Waals surface area contributed by atoms with Crippen LogP contribution in [0.15, 0.2) is 42.5 Å². The molecule has 6 nitrogen and oxygen atoms in total. The third-order valence-electron chi connectivity index (χ3n) is 4.75. The number of methoxy groups -OCH3 is 2. The van der Waals surface area contributed by atoms with E-state index in [2.05, 4.69) is 5.32 Å². The van der Waals surface area contributed by atoms with Gasteiger partial charge in [0.1, 0.15) is 5.75 Å². The highest BCUT2D eigenvalue weighted by atomic mass is 16.5. The number of nitrogens with one attached hydrogen (secondary N) is 1. The highest BCUT2D eigenvalue weighted by molar-refractivity contribution is 5.89. The molecule has 1 N–H and O–H groups in total. The summed E-state index contributed by atoms with van der Waals surface area (Å²) in [5.41, 5.74) is 1.80. The van der Waals surface area contributed by atoms with Crippen molar-refractivity contribution in [2.45, 2.75) is 19.3 Å². The van der Waals surface area contributed by atoms with Crippen molar-refractivity contribution in [1.29, 1.82) is 0 Å². The number of carbonyl (C=O) groups excluding carboxylic acids is 1. The second-order valence-electron chi connectivity index (χ2n) is 6.41. The van der Waals surface area contributed by atoms with Gasteiger partial charge in [0.25, 0.3) is 0 Å².